The third-order valence-electron chi connectivity index (χ3n) is 6.55. The van der Waals surface area contributed by atoms with E-state index in [1.165, 1.54) is 6.08 Å². The Morgan fingerprint density at radius 2 is 2.06 bits per heavy atom. The number of nitrogens with one attached hydrogen (secondary N) is 1. The van der Waals surface area contributed by atoms with Gasteiger partial charge in [0.2, 0.25) is 5.91 Å². The second-order valence-electron chi connectivity index (χ2n) is 8.54. The normalized spacial score (nSPS) is 20.9. The van der Waals surface area contributed by atoms with Crippen LogP contribution in [-0.2, 0) is 16.8 Å². The van der Waals surface area contributed by atoms with Crippen LogP contribution in [0.2, 0.25) is 5.02 Å². The van der Waals surface area contributed by atoms with Crippen molar-refractivity contribution in [2.75, 3.05) is 32.0 Å². The minimum absolute atomic E-state index is 0.0546. The molecule has 1 N–H and O–H groups in total. The number of nitrogens with zero attached hydrogens (tertiary/aromatic N) is 2. The van der Waals surface area contributed by atoms with Crippen LogP contribution in [0, 0.1) is 6.92 Å². The number of hydrogen-bond donors (Lipinski definition) is 1. The molecule has 2 heterocycles. The first-order valence-corrected chi connectivity index (χ1v) is 11.1. The molecule has 0 unspecified atom stereocenters. The Balaban J connectivity index is 1.75. The third kappa shape index (κ3) is 3.94. The van der Waals surface area contributed by atoms with E-state index in [4.69, 9.17) is 11.6 Å². The van der Waals surface area contributed by atoms with Gasteiger partial charge in [-0.15, -0.1) is 0 Å². The topological polar surface area (TPSA) is 52.7 Å². The highest BCUT2D eigenvalue weighted by Gasteiger charge is 2.42. The lowest BCUT2D eigenvalue weighted by molar-refractivity contribution is -0.125. The predicted molar refractivity (Wildman–Crippen MR) is 125 cm³/mol. The molecule has 0 bridgehead atoms. The Hall–Kier alpha value is -2.79. The first kappa shape index (κ1) is 21.4. The van der Waals surface area contributed by atoms with Crippen molar-refractivity contribution in [2.45, 2.75) is 31.7 Å². The Morgan fingerprint density at radius 1 is 1.26 bits per heavy atom. The lowest BCUT2D eigenvalue weighted by Crippen LogP contribution is -2.40. The molecule has 4 rings (SSSR count). The van der Waals surface area contributed by atoms with E-state index >= 15 is 0 Å². The molecule has 2 amide bonds. The van der Waals surface area contributed by atoms with Crippen molar-refractivity contribution in [3.63, 3.8) is 0 Å². The number of aryl methyl sites for hydroxylation is 1. The lowest BCUT2D eigenvalue weighted by atomic mass is 9.85. The Kier molecular flexibility index (Phi) is 5.80. The molecule has 1 atom stereocenters. The summed E-state index contributed by atoms with van der Waals surface area (Å²) in [6.45, 7) is 7.54. The number of likely N-dealkylation sites (tertiary alicyclic amines) is 1. The molecular weight excluding hydrogens is 410 g/mol. The zero-order chi connectivity index (χ0) is 22.2. The van der Waals surface area contributed by atoms with Gasteiger partial charge in [-0.3, -0.25) is 9.59 Å². The molecular formula is C25H28ClN3O2. The van der Waals surface area contributed by atoms with E-state index in [-0.39, 0.29) is 11.8 Å². The maximum absolute atomic E-state index is 12.9. The van der Waals surface area contributed by atoms with Crippen LogP contribution >= 0.6 is 11.6 Å². The van der Waals surface area contributed by atoms with Gasteiger partial charge in [0.05, 0.1) is 5.54 Å². The van der Waals surface area contributed by atoms with E-state index in [1.54, 1.807) is 4.90 Å². The Labute approximate surface area is 188 Å². The van der Waals surface area contributed by atoms with Gasteiger partial charge in [0.1, 0.15) is 0 Å². The van der Waals surface area contributed by atoms with Gasteiger partial charge in [-0.05, 0) is 67.2 Å². The van der Waals surface area contributed by atoms with Crippen molar-refractivity contribution in [1.29, 1.82) is 0 Å². The van der Waals surface area contributed by atoms with Crippen LogP contribution in [0.4, 0.5) is 5.69 Å². The van der Waals surface area contributed by atoms with Crippen LogP contribution in [0.25, 0.3) is 0 Å². The van der Waals surface area contributed by atoms with E-state index in [2.05, 4.69) is 24.0 Å². The Morgan fingerprint density at radius 3 is 2.84 bits per heavy atom. The van der Waals surface area contributed by atoms with Crippen LogP contribution in [0.3, 0.4) is 0 Å². The number of anilines is 1. The van der Waals surface area contributed by atoms with Crippen LogP contribution in [0.5, 0.6) is 0 Å². The maximum Gasteiger partial charge on any atom is 0.253 e. The molecule has 1 fully saturated rings. The zero-order valence-electron chi connectivity index (χ0n) is 18.1. The summed E-state index contributed by atoms with van der Waals surface area (Å²) in [7, 11) is 1.85. The largest absolute Gasteiger partial charge is 0.374 e. The van der Waals surface area contributed by atoms with Gasteiger partial charge in [-0.1, -0.05) is 36.4 Å². The fraction of sp³-hybridized carbons (Fsp3) is 0.360. The maximum atomic E-state index is 12.9. The fourth-order valence-corrected chi connectivity index (χ4v) is 4.98. The summed E-state index contributed by atoms with van der Waals surface area (Å²) >= 11 is 6.46. The minimum atomic E-state index is -0.498. The number of rotatable bonds is 4. The molecule has 2 aliphatic rings. The van der Waals surface area contributed by atoms with Crippen molar-refractivity contribution in [3.8, 4) is 0 Å². The molecule has 0 aromatic heterocycles. The number of benzene rings is 2. The summed E-state index contributed by atoms with van der Waals surface area (Å²) in [5, 5.41) is 4.40. The van der Waals surface area contributed by atoms with Crippen LogP contribution in [0.1, 0.15) is 39.9 Å². The first-order valence-electron chi connectivity index (χ1n) is 10.7. The van der Waals surface area contributed by atoms with Crippen LogP contribution in [0.15, 0.2) is 49.1 Å². The summed E-state index contributed by atoms with van der Waals surface area (Å²) in [5.74, 6) is -0.0268. The van der Waals surface area contributed by atoms with E-state index in [0.717, 1.165) is 53.7 Å². The second-order valence-corrected chi connectivity index (χ2v) is 8.94. The molecule has 6 heteroatoms. The molecule has 0 radical (unpaired) electrons. The number of amides is 2. The lowest BCUT2D eigenvalue weighted by Gasteiger charge is -2.34. The average Bonchev–Trinajstić information content (AvgIpc) is 3.14. The molecule has 2 aliphatic heterocycles. The first-order chi connectivity index (χ1) is 14.8. The summed E-state index contributed by atoms with van der Waals surface area (Å²) in [6.07, 6.45) is 3.95. The molecule has 2 aromatic carbocycles. The van der Waals surface area contributed by atoms with Crippen molar-refractivity contribution >= 4 is 29.1 Å². The van der Waals surface area contributed by atoms with Gasteiger partial charge in [-0.25, -0.2) is 0 Å². The molecule has 0 saturated carbocycles. The van der Waals surface area contributed by atoms with Gasteiger partial charge in [0.25, 0.3) is 5.91 Å². The highest BCUT2D eigenvalue weighted by atomic mass is 35.5. The van der Waals surface area contributed by atoms with Gasteiger partial charge < -0.3 is 15.1 Å². The van der Waals surface area contributed by atoms with Gasteiger partial charge >= 0.3 is 0 Å². The summed E-state index contributed by atoms with van der Waals surface area (Å²) in [6, 6.07) is 11.9. The Bertz CT molecular complexity index is 1050. The van der Waals surface area contributed by atoms with Gasteiger partial charge in [0, 0.05) is 43.0 Å². The van der Waals surface area contributed by atoms with Crippen LogP contribution < -0.4 is 5.32 Å². The predicted octanol–water partition coefficient (Wildman–Crippen LogP) is 4.39. The fourth-order valence-electron chi connectivity index (χ4n) is 4.80. The number of carbonyl (C=O) groups is 2. The van der Waals surface area contributed by atoms with E-state index in [0.29, 0.717) is 18.1 Å². The number of hydrogen-bond acceptors (Lipinski definition) is 3. The van der Waals surface area contributed by atoms with Crippen molar-refractivity contribution in [1.82, 2.24) is 9.80 Å². The van der Waals surface area contributed by atoms with Crippen LogP contribution in [-0.4, -0.2) is 48.3 Å². The average molecular weight is 438 g/mol. The highest BCUT2D eigenvalue weighted by molar-refractivity contribution is 6.31. The molecule has 1 saturated heterocycles. The molecule has 162 valence electrons. The molecule has 31 heavy (non-hydrogen) atoms. The van der Waals surface area contributed by atoms with E-state index in [9.17, 15) is 9.59 Å². The molecule has 2 aromatic rings. The number of carbonyl (C=O) groups excluding carboxylic acids is 2. The smallest absolute Gasteiger partial charge is 0.253 e. The SMILES string of the molecule is C=CC(=O)N1CC[C@@](Nc2ccc3c(c2)C(=O)N(C)CCC3)(c2cccc(Cl)c2C)C1. The van der Waals surface area contributed by atoms with Crippen molar-refractivity contribution in [3.05, 3.63) is 76.3 Å². The monoisotopic (exact) mass is 437 g/mol. The summed E-state index contributed by atoms with van der Waals surface area (Å²) in [4.78, 5) is 28.8. The van der Waals surface area contributed by atoms with Crippen molar-refractivity contribution in [2.24, 2.45) is 0 Å². The highest BCUT2D eigenvalue weighted by Crippen LogP contribution is 2.39. The van der Waals surface area contributed by atoms with Crippen molar-refractivity contribution < 1.29 is 9.59 Å². The molecule has 0 spiro atoms. The van der Waals surface area contributed by atoms with Gasteiger partial charge in [-0.2, -0.15) is 0 Å². The molecule has 0 aliphatic carbocycles. The number of fused-ring (bicyclic) bond motifs is 1. The standard InChI is InChI=1S/C25H28ClN3O2/c1-4-23(30)29-14-12-25(16-29,21-8-5-9-22(26)17(21)2)27-19-11-10-18-7-6-13-28(3)24(31)20(18)15-19/h4-5,8-11,15,27H,1,6-7,12-14,16H2,2-3H3/t25-/m0/s1. The van der Waals surface area contributed by atoms with E-state index < -0.39 is 5.54 Å². The summed E-state index contributed by atoms with van der Waals surface area (Å²) in [5.41, 5.74) is 4.27. The zero-order valence-corrected chi connectivity index (χ0v) is 18.8. The minimum Gasteiger partial charge on any atom is -0.374 e. The second kappa shape index (κ2) is 8.39. The van der Waals surface area contributed by atoms with Gasteiger partial charge in [0.15, 0.2) is 0 Å². The number of halogens is 1. The quantitative estimate of drug-likeness (QED) is 0.721. The molecule has 5 nitrogen and oxygen atoms in total. The third-order valence-corrected chi connectivity index (χ3v) is 6.96. The summed E-state index contributed by atoms with van der Waals surface area (Å²) < 4.78 is 0. The van der Waals surface area contributed by atoms with E-state index in [1.807, 2.05) is 43.1 Å².